The third-order valence-electron chi connectivity index (χ3n) is 4.49. The summed E-state index contributed by atoms with van der Waals surface area (Å²) in [7, 11) is 0.924. The van der Waals surface area contributed by atoms with Crippen LogP contribution in [0.3, 0.4) is 0 Å². The van der Waals surface area contributed by atoms with E-state index in [9.17, 15) is 23.9 Å². The van der Waals surface area contributed by atoms with Gasteiger partial charge >= 0.3 is 0 Å². The van der Waals surface area contributed by atoms with Gasteiger partial charge in [-0.15, -0.1) is 0 Å². The maximum absolute atomic E-state index is 13.2. The van der Waals surface area contributed by atoms with Crippen LogP contribution in [0, 0.1) is 17.0 Å². The highest BCUT2D eigenvalue weighted by Gasteiger charge is 2.26. The molecule has 0 aliphatic heterocycles. The molecule has 0 spiro atoms. The Kier molecular flexibility index (Phi) is 8.20. The lowest BCUT2D eigenvalue weighted by molar-refractivity contribution is -0.384. The Labute approximate surface area is 188 Å². The number of nitro benzene ring substituents is 1. The van der Waals surface area contributed by atoms with Gasteiger partial charge in [-0.1, -0.05) is 0 Å². The molecular weight excluding hydrogens is 432 g/mol. The van der Waals surface area contributed by atoms with E-state index < -0.39 is 15.7 Å². The zero-order chi connectivity index (χ0) is 24.0. The standard InChI is InChI=1S/C21H18N2O5.C2H6OS/c1-12-18(13(2)24)19(21(25)15-6-10-17(28-3)11-7-15)20(22-12)14-4-8-16(9-5-14)23(26)27;1-4(2)3/h4-11,22H,1-3H3;1-2H3. The first-order chi connectivity index (χ1) is 15.1. The van der Waals surface area contributed by atoms with Gasteiger partial charge in [-0.3, -0.25) is 23.9 Å². The van der Waals surface area contributed by atoms with E-state index in [1.54, 1.807) is 55.8 Å². The molecule has 0 saturated carbocycles. The highest BCUT2D eigenvalue weighted by atomic mass is 32.2. The number of carbonyl (C=O) groups excluding carboxylic acids is 2. The third kappa shape index (κ3) is 5.76. The lowest BCUT2D eigenvalue weighted by atomic mass is 9.94. The van der Waals surface area contributed by atoms with Crippen molar-refractivity contribution in [2.75, 3.05) is 19.6 Å². The number of H-pyrrole nitrogens is 1. The number of nitro groups is 1. The molecule has 1 heterocycles. The average Bonchev–Trinajstić information content (AvgIpc) is 3.10. The molecule has 0 radical (unpaired) electrons. The van der Waals surface area contributed by atoms with E-state index in [2.05, 4.69) is 4.98 Å². The number of nitrogens with zero attached hydrogens (tertiary/aromatic N) is 1. The summed E-state index contributed by atoms with van der Waals surface area (Å²) < 4.78 is 14.7. The van der Waals surface area contributed by atoms with Gasteiger partial charge in [-0.25, -0.2) is 0 Å². The van der Waals surface area contributed by atoms with Crippen LogP contribution in [-0.4, -0.2) is 45.3 Å². The van der Waals surface area contributed by atoms with Crippen molar-refractivity contribution >= 4 is 28.1 Å². The summed E-state index contributed by atoms with van der Waals surface area (Å²) in [5, 5.41) is 10.9. The molecule has 32 heavy (non-hydrogen) atoms. The summed E-state index contributed by atoms with van der Waals surface area (Å²) in [6, 6.07) is 12.4. The SMILES string of the molecule is COc1ccc(C(=O)c2c(-c3ccc([N+](=O)[O-])cc3)[nH]c(C)c2C(C)=O)cc1.CS(C)=O. The van der Waals surface area contributed by atoms with Crippen molar-refractivity contribution in [2.24, 2.45) is 0 Å². The normalized spacial score (nSPS) is 10.3. The van der Waals surface area contributed by atoms with Crippen LogP contribution in [0.2, 0.25) is 0 Å². The fraction of sp³-hybridized carbons (Fsp3) is 0.217. The predicted molar refractivity (Wildman–Crippen MR) is 124 cm³/mol. The number of Topliss-reactive ketones (excluding diaryl/α,β-unsaturated/α-hetero) is 1. The molecule has 0 aliphatic carbocycles. The number of methoxy groups -OCH3 is 1. The highest BCUT2D eigenvalue weighted by Crippen LogP contribution is 2.32. The van der Waals surface area contributed by atoms with Crippen molar-refractivity contribution in [3.63, 3.8) is 0 Å². The number of carbonyl (C=O) groups is 2. The first-order valence-electron chi connectivity index (χ1n) is 9.49. The van der Waals surface area contributed by atoms with Crippen molar-refractivity contribution in [1.82, 2.24) is 4.98 Å². The molecule has 0 amide bonds. The van der Waals surface area contributed by atoms with E-state index in [-0.39, 0.29) is 22.8 Å². The number of hydrogen-bond acceptors (Lipinski definition) is 6. The maximum Gasteiger partial charge on any atom is 0.269 e. The fourth-order valence-electron chi connectivity index (χ4n) is 3.15. The molecule has 0 fully saturated rings. The summed E-state index contributed by atoms with van der Waals surface area (Å²) >= 11 is 0. The Morgan fingerprint density at radius 1 is 1.00 bits per heavy atom. The number of rotatable bonds is 6. The Morgan fingerprint density at radius 2 is 1.53 bits per heavy atom. The molecule has 2 aromatic carbocycles. The number of ether oxygens (including phenoxy) is 1. The molecule has 0 bridgehead atoms. The molecular formula is C23H24N2O6S. The van der Waals surface area contributed by atoms with Crippen LogP contribution >= 0.6 is 0 Å². The van der Waals surface area contributed by atoms with Crippen molar-refractivity contribution in [1.29, 1.82) is 0 Å². The minimum absolute atomic E-state index is 0.0538. The predicted octanol–water partition coefficient (Wildman–Crippen LogP) is 4.34. The first kappa shape index (κ1) is 24.7. The Balaban J connectivity index is 0.000000837. The Morgan fingerprint density at radius 3 is 1.97 bits per heavy atom. The number of aromatic amines is 1. The van der Waals surface area contributed by atoms with Crippen molar-refractivity contribution < 1.29 is 23.5 Å². The van der Waals surface area contributed by atoms with E-state index >= 15 is 0 Å². The molecule has 0 saturated heterocycles. The molecule has 9 heteroatoms. The van der Waals surface area contributed by atoms with Crippen molar-refractivity contribution in [3.05, 3.63) is 81.0 Å². The zero-order valence-electron chi connectivity index (χ0n) is 18.4. The monoisotopic (exact) mass is 456 g/mol. The van der Waals surface area contributed by atoms with Crippen LogP contribution < -0.4 is 4.74 Å². The summed E-state index contributed by atoms with van der Waals surface area (Å²) in [5.41, 5.74) is 2.53. The number of hydrogen-bond donors (Lipinski definition) is 1. The maximum atomic E-state index is 13.2. The number of nitrogens with one attached hydrogen (secondary N) is 1. The van der Waals surface area contributed by atoms with E-state index in [1.807, 2.05) is 0 Å². The minimum atomic E-state index is -0.611. The van der Waals surface area contributed by atoms with Gasteiger partial charge in [0, 0.05) is 52.3 Å². The highest BCUT2D eigenvalue weighted by molar-refractivity contribution is 7.83. The van der Waals surface area contributed by atoms with Crippen LogP contribution in [0.15, 0.2) is 48.5 Å². The average molecular weight is 457 g/mol. The second-order valence-corrected chi connectivity index (χ2v) is 8.52. The molecule has 168 valence electrons. The van der Waals surface area contributed by atoms with Gasteiger partial charge in [0.15, 0.2) is 11.6 Å². The lowest BCUT2D eigenvalue weighted by Crippen LogP contribution is -2.08. The smallest absolute Gasteiger partial charge is 0.269 e. The van der Waals surface area contributed by atoms with Gasteiger partial charge in [0.2, 0.25) is 0 Å². The van der Waals surface area contributed by atoms with Gasteiger partial charge in [0.1, 0.15) is 5.75 Å². The lowest BCUT2D eigenvalue weighted by Gasteiger charge is -2.07. The van der Waals surface area contributed by atoms with Crippen LogP contribution in [0.4, 0.5) is 5.69 Å². The van der Waals surface area contributed by atoms with Crippen LogP contribution in [0.25, 0.3) is 11.3 Å². The molecule has 1 aromatic heterocycles. The van der Waals surface area contributed by atoms with E-state index in [0.717, 1.165) is 0 Å². The number of benzene rings is 2. The molecule has 8 nitrogen and oxygen atoms in total. The van der Waals surface area contributed by atoms with E-state index in [0.29, 0.717) is 33.8 Å². The molecule has 0 unspecified atom stereocenters. The number of ketones is 2. The number of non-ortho nitro benzene ring substituents is 1. The summed E-state index contributed by atoms with van der Waals surface area (Å²) in [6.07, 6.45) is 3.28. The van der Waals surface area contributed by atoms with Crippen LogP contribution in [-0.2, 0) is 10.8 Å². The van der Waals surface area contributed by atoms with E-state index in [1.165, 1.54) is 26.2 Å². The molecule has 3 aromatic rings. The second kappa shape index (κ2) is 10.6. The number of aromatic nitrogens is 1. The topological polar surface area (TPSA) is 119 Å². The quantitative estimate of drug-likeness (QED) is 0.335. The first-order valence-corrected chi connectivity index (χ1v) is 11.5. The van der Waals surface area contributed by atoms with Crippen LogP contribution in [0.1, 0.15) is 38.9 Å². The summed E-state index contributed by atoms with van der Waals surface area (Å²) in [4.78, 5) is 39.0. The van der Waals surface area contributed by atoms with Gasteiger partial charge in [-0.05, 0) is 55.8 Å². The fourth-order valence-corrected chi connectivity index (χ4v) is 3.15. The molecule has 0 atom stereocenters. The second-order valence-electron chi connectivity index (χ2n) is 7.03. The third-order valence-corrected chi connectivity index (χ3v) is 4.49. The summed E-state index contributed by atoms with van der Waals surface area (Å²) in [5.74, 6) is 0.0634. The van der Waals surface area contributed by atoms with Gasteiger partial charge in [0.25, 0.3) is 5.69 Å². The van der Waals surface area contributed by atoms with Gasteiger partial charge in [-0.2, -0.15) is 0 Å². The van der Waals surface area contributed by atoms with E-state index in [4.69, 9.17) is 4.74 Å². The van der Waals surface area contributed by atoms with Crippen molar-refractivity contribution in [2.45, 2.75) is 13.8 Å². The van der Waals surface area contributed by atoms with Gasteiger partial charge < -0.3 is 9.72 Å². The van der Waals surface area contributed by atoms with Crippen molar-refractivity contribution in [3.8, 4) is 17.0 Å². The molecule has 1 N–H and O–H groups in total. The largest absolute Gasteiger partial charge is 0.497 e. The Bertz CT molecular complexity index is 1160. The number of aryl methyl sites for hydroxylation is 1. The zero-order valence-corrected chi connectivity index (χ0v) is 19.2. The minimum Gasteiger partial charge on any atom is -0.497 e. The molecule has 3 rings (SSSR count). The Hall–Kier alpha value is -3.59. The molecule has 0 aliphatic rings. The van der Waals surface area contributed by atoms with Crippen LogP contribution in [0.5, 0.6) is 5.75 Å². The summed E-state index contributed by atoms with van der Waals surface area (Å²) in [6.45, 7) is 3.12. The van der Waals surface area contributed by atoms with Gasteiger partial charge in [0.05, 0.1) is 23.3 Å².